The molecule has 0 aromatic rings. The van der Waals surface area contributed by atoms with Crippen molar-refractivity contribution in [2.75, 3.05) is 18.6 Å². The number of hydrogen-bond acceptors (Lipinski definition) is 3. The number of carbonyl (C=O) groups excluding carboxylic acids is 1. The van der Waals surface area contributed by atoms with E-state index < -0.39 is 0 Å². The molecule has 2 unspecified atom stereocenters. The monoisotopic (exact) mass is 244 g/mol. The van der Waals surface area contributed by atoms with Crippen LogP contribution in [0.3, 0.4) is 0 Å². The van der Waals surface area contributed by atoms with E-state index in [-0.39, 0.29) is 11.9 Å². The second-order valence-corrected chi connectivity index (χ2v) is 5.53. The fraction of sp³-hybridized carbons (Fsp3) is 0.917. The Bertz CT molecular complexity index is 203. The van der Waals surface area contributed by atoms with Crippen LogP contribution in [0.5, 0.6) is 0 Å². The summed E-state index contributed by atoms with van der Waals surface area (Å²) in [6.07, 6.45) is 7.76. The number of carbonyl (C=O) groups is 1. The summed E-state index contributed by atoms with van der Waals surface area (Å²) < 4.78 is 0. The Hall–Kier alpha value is -0.220. The minimum absolute atomic E-state index is 0.0410. The van der Waals surface area contributed by atoms with E-state index >= 15 is 0 Å². The molecule has 2 atom stereocenters. The van der Waals surface area contributed by atoms with Crippen LogP contribution in [-0.2, 0) is 4.79 Å². The molecule has 0 aliphatic carbocycles. The van der Waals surface area contributed by atoms with E-state index in [0.717, 1.165) is 25.1 Å². The number of rotatable bonds is 5. The van der Waals surface area contributed by atoms with Crippen LogP contribution in [0.15, 0.2) is 0 Å². The Balaban J connectivity index is 2.26. The van der Waals surface area contributed by atoms with Gasteiger partial charge in [-0.3, -0.25) is 4.79 Å². The predicted octanol–water partition coefficient (Wildman–Crippen LogP) is 1.78. The van der Waals surface area contributed by atoms with E-state index in [1.54, 1.807) is 0 Å². The summed E-state index contributed by atoms with van der Waals surface area (Å²) in [7, 11) is 0. The summed E-state index contributed by atoms with van der Waals surface area (Å²) in [6.45, 7) is 3.07. The predicted molar refractivity (Wildman–Crippen MR) is 70.9 cm³/mol. The molecule has 1 rings (SSSR count). The first kappa shape index (κ1) is 13.8. The normalized spacial score (nSPS) is 23.5. The third-order valence-electron chi connectivity index (χ3n) is 3.02. The van der Waals surface area contributed by atoms with Crippen molar-refractivity contribution in [1.82, 2.24) is 10.6 Å². The van der Waals surface area contributed by atoms with Crippen LogP contribution in [0.4, 0.5) is 0 Å². The highest BCUT2D eigenvalue weighted by Gasteiger charge is 2.20. The molecular formula is C12H24N2OS. The quantitative estimate of drug-likeness (QED) is 0.774. The smallest absolute Gasteiger partial charge is 0.237 e. The third-order valence-corrected chi connectivity index (χ3v) is 3.66. The van der Waals surface area contributed by atoms with Crippen LogP contribution in [-0.4, -0.2) is 36.5 Å². The number of amides is 1. The first-order chi connectivity index (χ1) is 7.74. The van der Waals surface area contributed by atoms with E-state index in [9.17, 15) is 4.79 Å². The van der Waals surface area contributed by atoms with Crippen molar-refractivity contribution in [2.24, 2.45) is 0 Å². The molecule has 16 heavy (non-hydrogen) atoms. The molecule has 3 nitrogen and oxygen atoms in total. The lowest BCUT2D eigenvalue weighted by Gasteiger charge is -2.19. The van der Waals surface area contributed by atoms with Gasteiger partial charge in [0.15, 0.2) is 0 Å². The van der Waals surface area contributed by atoms with Gasteiger partial charge in [-0.2, -0.15) is 11.8 Å². The average Bonchev–Trinajstić information content (AvgIpc) is 2.54. The molecule has 94 valence electrons. The van der Waals surface area contributed by atoms with Gasteiger partial charge in [-0.15, -0.1) is 0 Å². The minimum atomic E-state index is 0.0410. The lowest BCUT2D eigenvalue weighted by Crippen LogP contribution is -2.46. The Labute approximate surface area is 103 Å². The Kier molecular flexibility index (Phi) is 6.88. The third kappa shape index (κ3) is 5.21. The molecule has 0 spiro atoms. The second kappa shape index (κ2) is 7.96. The summed E-state index contributed by atoms with van der Waals surface area (Å²) in [5.74, 6) is 1.30. The van der Waals surface area contributed by atoms with Gasteiger partial charge < -0.3 is 10.6 Å². The van der Waals surface area contributed by atoms with Gasteiger partial charge in [-0.25, -0.2) is 0 Å². The lowest BCUT2D eigenvalue weighted by molar-refractivity contribution is -0.123. The van der Waals surface area contributed by atoms with Crippen molar-refractivity contribution in [3.63, 3.8) is 0 Å². The van der Waals surface area contributed by atoms with E-state index in [2.05, 4.69) is 23.8 Å². The highest BCUT2D eigenvalue weighted by molar-refractivity contribution is 7.98. The first-order valence-electron chi connectivity index (χ1n) is 6.26. The summed E-state index contributed by atoms with van der Waals surface area (Å²) in [5, 5.41) is 6.42. The maximum Gasteiger partial charge on any atom is 0.237 e. The van der Waals surface area contributed by atoms with Crippen LogP contribution >= 0.6 is 11.8 Å². The SMILES string of the molecule is CSCCC(C)NC(=O)C1CCCCCN1. The van der Waals surface area contributed by atoms with Gasteiger partial charge in [0.1, 0.15) is 0 Å². The summed E-state index contributed by atoms with van der Waals surface area (Å²) in [5.41, 5.74) is 0. The standard InChI is InChI=1S/C12H24N2OS/c1-10(7-9-16-2)14-12(15)11-6-4-3-5-8-13-11/h10-11,13H,3-9H2,1-2H3,(H,14,15). The number of thioether (sulfide) groups is 1. The maximum absolute atomic E-state index is 11.9. The van der Waals surface area contributed by atoms with Gasteiger partial charge in [0, 0.05) is 6.04 Å². The fourth-order valence-electron chi connectivity index (χ4n) is 1.96. The molecule has 1 saturated heterocycles. The molecule has 1 aliphatic heterocycles. The van der Waals surface area contributed by atoms with Crippen molar-refractivity contribution >= 4 is 17.7 Å². The number of nitrogens with one attached hydrogen (secondary N) is 2. The molecule has 0 aromatic heterocycles. The molecule has 1 fully saturated rings. The molecule has 4 heteroatoms. The fourth-order valence-corrected chi connectivity index (χ4v) is 2.55. The summed E-state index contributed by atoms with van der Waals surface area (Å²) in [4.78, 5) is 11.9. The lowest BCUT2D eigenvalue weighted by atomic mass is 10.1. The first-order valence-corrected chi connectivity index (χ1v) is 7.66. The Morgan fingerprint density at radius 2 is 2.31 bits per heavy atom. The molecule has 0 aromatic carbocycles. The van der Waals surface area contributed by atoms with Crippen molar-refractivity contribution < 1.29 is 4.79 Å². The molecule has 0 bridgehead atoms. The largest absolute Gasteiger partial charge is 0.352 e. The van der Waals surface area contributed by atoms with Gasteiger partial charge in [0.25, 0.3) is 0 Å². The zero-order valence-electron chi connectivity index (χ0n) is 10.4. The maximum atomic E-state index is 11.9. The Morgan fingerprint density at radius 3 is 3.06 bits per heavy atom. The molecular weight excluding hydrogens is 220 g/mol. The minimum Gasteiger partial charge on any atom is -0.352 e. The van der Waals surface area contributed by atoms with Crippen LogP contribution in [0, 0.1) is 0 Å². The van der Waals surface area contributed by atoms with E-state index in [4.69, 9.17) is 0 Å². The van der Waals surface area contributed by atoms with E-state index in [1.807, 2.05) is 11.8 Å². The van der Waals surface area contributed by atoms with Crippen LogP contribution < -0.4 is 10.6 Å². The molecule has 0 radical (unpaired) electrons. The van der Waals surface area contributed by atoms with Gasteiger partial charge in [0.05, 0.1) is 6.04 Å². The zero-order chi connectivity index (χ0) is 11.8. The van der Waals surface area contributed by atoms with Crippen molar-refractivity contribution in [3.8, 4) is 0 Å². The molecule has 1 aliphatic rings. The van der Waals surface area contributed by atoms with Gasteiger partial charge in [0.2, 0.25) is 5.91 Å². The highest BCUT2D eigenvalue weighted by atomic mass is 32.2. The van der Waals surface area contributed by atoms with E-state index in [0.29, 0.717) is 6.04 Å². The van der Waals surface area contributed by atoms with E-state index in [1.165, 1.54) is 19.3 Å². The van der Waals surface area contributed by atoms with Gasteiger partial charge >= 0.3 is 0 Å². The Morgan fingerprint density at radius 1 is 1.50 bits per heavy atom. The van der Waals surface area contributed by atoms with Gasteiger partial charge in [-0.05, 0) is 44.7 Å². The topological polar surface area (TPSA) is 41.1 Å². The van der Waals surface area contributed by atoms with Crippen molar-refractivity contribution in [2.45, 2.75) is 51.1 Å². The average molecular weight is 244 g/mol. The molecule has 1 amide bonds. The molecule has 2 N–H and O–H groups in total. The summed E-state index contributed by atoms with van der Waals surface area (Å²) >= 11 is 1.83. The van der Waals surface area contributed by atoms with Crippen LogP contribution in [0.2, 0.25) is 0 Å². The van der Waals surface area contributed by atoms with Crippen LogP contribution in [0.25, 0.3) is 0 Å². The number of hydrogen-bond donors (Lipinski definition) is 2. The van der Waals surface area contributed by atoms with Gasteiger partial charge in [-0.1, -0.05) is 12.8 Å². The summed E-state index contributed by atoms with van der Waals surface area (Å²) in [6, 6.07) is 0.337. The molecule has 1 heterocycles. The van der Waals surface area contributed by atoms with Crippen molar-refractivity contribution in [3.05, 3.63) is 0 Å². The highest BCUT2D eigenvalue weighted by Crippen LogP contribution is 2.09. The van der Waals surface area contributed by atoms with Crippen LogP contribution in [0.1, 0.15) is 39.0 Å². The second-order valence-electron chi connectivity index (χ2n) is 4.55. The zero-order valence-corrected chi connectivity index (χ0v) is 11.2. The molecule has 0 saturated carbocycles. The van der Waals surface area contributed by atoms with Crippen molar-refractivity contribution in [1.29, 1.82) is 0 Å².